The molecule has 1 aliphatic rings. The summed E-state index contributed by atoms with van der Waals surface area (Å²) in [7, 11) is 0. The molecule has 2 aromatic rings. The Labute approximate surface area is 136 Å². The van der Waals surface area contributed by atoms with Crippen LogP contribution in [0.2, 0.25) is 0 Å². The molecular formula is C19H22S2. The first-order valence-corrected chi connectivity index (χ1v) is 9.76. The van der Waals surface area contributed by atoms with Crippen LogP contribution < -0.4 is 0 Å². The highest BCUT2D eigenvalue weighted by Crippen LogP contribution is 2.42. The first kappa shape index (κ1) is 15.1. The van der Waals surface area contributed by atoms with Gasteiger partial charge in [-0.3, -0.25) is 0 Å². The topological polar surface area (TPSA) is 0 Å². The Morgan fingerprint density at radius 1 is 0.952 bits per heavy atom. The van der Waals surface area contributed by atoms with Crippen molar-refractivity contribution < 1.29 is 0 Å². The molecule has 21 heavy (non-hydrogen) atoms. The standard InChI is InChI=1S/C19H22S2/c1-15-8-10-17(11-9-15)18(19-20-12-5-13-21-19)14-16-6-3-2-4-7-16/h2-4,6-11,18-19H,5,12-14H2,1H3. The Kier molecular flexibility index (Phi) is 5.32. The Morgan fingerprint density at radius 2 is 1.62 bits per heavy atom. The van der Waals surface area contributed by atoms with Gasteiger partial charge in [0.1, 0.15) is 0 Å². The maximum absolute atomic E-state index is 2.33. The summed E-state index contributed by atoms with van der Waals surface area (Å²) in [5.41, 5.74) is 4.30. The van der Waals surface area contributed by atoms with E-state index in [1.54, 1.807) is 0 Å². The highest BCUT2D eigenvalue weighted by molar-refractivity contribution is 8.17. The molecule has 0 spiro atoms. The van der Waals surface area contributed by atoms with Crippen LogP contribution in [0.15, 0.2) is 54.6 Å². The number of thioether (sulfide) groups is 2. The maximum atomic E-state index is 2.33. The van der Waals surface area contributed by atoms with E-state index in [0.29, 0.717) is 10.5 Å². The number of hydrogen-bond donors (Lipinski definition) is 0. The van der Waals surface area contributed by atoms with Crippen molar-refractivity contribution in [2.24, 2.45) is 0 Å². The van der Waals surface area contributed by atoms with E-state index in [0.717, 1.165) is 6.42 Å². The molecule has 0 bridgehead atoms. The summed E-state index contributed by atoms with van der Waals surface area (Å²) in [6.07, 6.45) is 2.51. The minimum Gasteiger partial charge on any atom is -0.147 e. The van der Waals surface area contributed by atoms with Crippen LogP contribution in [0.5, 0.6) is 0 Å². The fraction of sp³-hybridized carbons (Fsp3) is 0.368. The minimum absolute atomic E-state index is 0.614. The lowest BCUT2D eigenvalue weighted by atomic mass is 9.93. The van der Waals surface area contributed by atoms with Crippen molar-refractivity contribution in [1.29, 1.82) is 0 Å². The van der Waals surface area contributed by atoms with Gasteiger partial charge in [-0.25, -0.2) is 0 Å². The van der Waals surface area contributed by atoms with E-state index in [1.807, 2.05) is 0 Å². The third-order valence-corrected chi connectivity index (χ3v) is 7.16. The van der Waals surface area contributed by atoms with E-state index in [-0.39, 0.29) is 0 Å². The van der Waals surface area contributed by atoms with E-state index < -0.39 is 0 Å². The summed E-state index contributed by atoms with van der Waals surface area (Å²) in [6, 6.07) is 20.1. The zero-order chi connectivity index (χ0) is 14.5. The molecule has 0 N–H and O–H groups in total. The van der Waals surface area contributed by atoms with Crippen LogP contribution in [0, 0.1) is 6.92 Å². The normalized spacial score (nSPS) is 17.6. The summed E-state index contributed by atoms with van der Waals surface area (Å²) in [4.78, 5) is 0. The number of benzene rings is 2. The average Bonchev–Trinajstić information content (AvgIpc) is 2.55. The molecule has 0 saturated carbocycles. The van der Waals surface area contributed by atoms with Gasteiger partial charge >= 0.3 is 0 Å². The van der Waals surface area contributed by atoms with E-state index in [9.17, 15) is 0 Å². The molecule has 0 amide bonds. The second-order valence-corrected chi connectivity index (χ2v) is 8.47. The molecule has 0 aromatic heterocycles. The van der Waals surface area contributed by atoms with Crippen LogP contribution in [0.25, 0.3) is 0 Å². The van der Waals surface area contributed by atoms with E-state index in [2.05, 4.69) is 85.0 Å². The molecule has 0 radical (unpaired) electrons. The van der Waals surface area contributed by atoms with Gasteiger partial charge in [0.05, 0.1) is 4.58 Å². The molecule has 1 aliphatic heterocycles. The molecule has 0 nitrogen and oxygen atoms in total. The van der Waals surface area contributed by atoms with Crippen molar-refractivity contribution in [1.82, 2.24) is 0 Å². The fourth-order valence-electron chi connectivity index (χ4n) is 2.79. The zero-order valence-corrected chi connectivity index (χ0v) is 14.1. The van der Waals surface area contributed by atoms with Gasteiger partial charge < -0.3 is 0 Å². The largest absolute Gasteiger partial charge is 0.147 e. The number of hydrogen-bond acceptors (Lipinski definition) is 2. The second-order valence-electron chi connectivity index (χ2n) is 5.67. The maximum Gasteiger partial charge on any atom is 0.0574 e. The molecule has 2 aromatic carbocycles. The van der Waals surface area contributed by atoms with Gasteiger partial charge in [0, 0.05) is 5.92 Å². The van der Waals surface area contributed by atoms with Crippen molar-refractivity contribution >= 4 is 23.5 Å². The highest BCUT2D eigenvalue weighted by atomic mass is 32.2. The predicted octanol–water partition coefficient (Wildman–Crippen LogP) is 5.52. The first-order valence-electron chi connectivity index (χ1n) is 7.66. The molecule has 110 valence electrons. The fourth-order valence-corrected chi connectivity index (χ4v) is 5.99. The predicted molar refractivity (Wildman–Crippen MR) is 97.4 cm³/mol. The Hall–Kier alpha value is -0.860. The minimum atomic E-state index is 0.614. The summed E-state index contributed by atoms with van der Waals surface area (Å²) >= 11 is 4.31. The van der Waals surface area contributed by atoms with Gasteiger partial charge in [-0.05, 0) is 42.4 Å². The Morgan fingerprint density at radius 3 is 2.29 bits per heavy atom. The van der Waals surface area contributed by atoms with Gasteiger partial charge in [-0.15, -0.1) is 23.5 Å². The van der Waals surface area contributed by atoms with Crippen LogP contribution in [-0.4, -0.2) is 16.1 Å². The first-order chi connectivity index (χ1) is 10.3. The molecule has 1 unspecified atom stereocenters. The Bertz CT molecular complexity index is 542. The molecule has 1 saturated heterocycles. The average molecular weight is 315 g/mol. The van der Waals surface area contributed by atoms with Crippen molar-refractivity contribution in [2.75, 3.05) is 11.5 Å². The van der Waals surface area contributed by atoms with Crippen molar-refractivity contribution in [3.63, 3.8) is 0 Å². The molecule has 1 heterocycles. The molecule has 0 aliphatic carbocycles. The molecule has 2 heteroatoms. The third-order valence-electron chi connectivity index (χ3n) is 3.99. The van der Waals surface area contributed by atoms with Crippen LogP contribution in [-0.2, 0) is 6.42 Å². The summed E-state index contributed by atoms with van der Waals surface area (Å²) in [6.45, 7) is 2.17. The Balaban J connectivity index is 1.84. The molecule has 3 rings (SSSR count). The van der Waals surface area contributed by atoms with Crippen molar-refractivity contribution in [3.8, 4) is 0 Å². The van der Waals surface area contributed by atoms with Crippen LogP contribution >= 0.6 is 23.5 Å². The quantitative estimate of drug-likeness (QED) is 0.729. The third kappa shape index (κ3) is 4.08. The van der Waals surface area contributed by atoms with Gasteiger partial charge in [0.2, 0.25) is 0 Å². The lowest BCUT2D eigenvalue weighted by Gasteiger charge is -2.30. The van der Waals surface area contributed by atoms with Crippen molar-refractivity contribution in [3.05, 3.63) is 71.3 Å². The summed E-state index contributed by atoms with van der Waals surface area (Å²) < 4.78 is 0.696. The number of aryl methyl sites for hydroxylation is 1. The van der Waals surface area contributed by atoms with Gasteiger partial charge in [-0.2, -0.15) is 0 Å². The zero-order valence-electron chi connectivity index (χ0n) is 12.5. The van der Waals surface area contributed by atoms with E-state index in [1.165, 1.54) is 34.6 Å². The van der Waals surface area contributed by atoms with Gasteiger partial charge in [-0.1, -0.05) is 60.2 Å². The van der Waals surface area contributed by atoms with Crippen LogP contribution in [0.3, 0.4) is 0 Å². The lowest BCUT2D eigenvalue weighted by Crippen LogP contribution is -2.19. The second kappa shape index (κ2) is 7.42. The smallest absolute Gasteiger partial charge is 0.0574 e. The van der Waals surface area contributed by atoms with E-state index in [4.69, 9.17) is 0 Å². The number of rotatable bonds is 4. The van der Waals surface area contributed by atoms with E-state index >= 15 is 0 Å². The van der Waals surface area contributed by atoms with Crippen LogP contribution in [0.1, 0.15) is 29.0 Å². The summed E-state index contributed by atoms with van der Waals surface area (Å²) in [5.74, 6) is 3.24. The van der Waals surface area contributed by atoms with Crippen molar-refractivity contribution in [2.45, 2.75) is 30.3 Å². The lowest BCUT2D eigenvalue weighted by molar-refractivity contribution is 0.741. The summed E-state index contributed by atoms with van der Waals surface area (Å²) in [5, 5.41) is 0. The SMILES string of the molecule is Cc1ccc(C(Cc2ccccc2)C2SCCCS2)cc1. The molecular weight excluding hydrogens is 292 g/mol. The van der Waals surface area contributed by atoms with Gasteiger partial charge in [0.15, 0.2) is 0 Å². The molecule has 1 atom stereocenters. The van der Waals surface area contributed by atoms with Gasteiger partial charge in [0.25, 0.3) is 0 Å². The highest BCUT2D eigenvalue weighted by Gasteiger charge is 2.26. The monoisotopic (exact) mass is 314 g/mol. The molecule has 1 fully saturated rings. The van der Waals surface area contributed by atoms with Crippen LogP contribution in [0.4, 0.5) is 0 Å².